The highest BCUT2D eigenvalue weighted by atomic mass is 16.5. The van der Waals surface area contributed by atoms with Crippen LogP contribution in [-0.2, 0) is 16.8 Å². The molecule has 0 radical (unpaired) electrons. The second kappa shape index (κ2) is 7.68. The van der Waals surface area contributed by atoms with Gasteiger partial charge in [0, 0.05) is 8.42 Å². The average molecular weight is 392 g/mol. The summed E-state index contributed by atoms with van der Waals surface area (Å²) in [6, 6.07) is 19.1. The van der Waals surface area contributed by atoms with E-state index in [9.17, 15) is 9.90 Å². The van der Waals surface area contributed by atoms with E-state index in [1.54, 1.807) is 7.11 Å². The summed E-state index contributed by atoms with van der Waals surface area (Å²) < 4.78 is 5.21. The third-order valence-electron chi connectivity index (χ3n) is 5.58. The van der Waals surface area contributed by atoms with E-state index in [1.807, 2.05) is 67.6 Å². The maximum Gasteiger partial charge on any atom is 0.236 e. The molecular weight excluding hydrogens is 364 g/mol. The van der Waals surface area contributed by atoms with E-state index in [0.717, 1.165) is 46.5 Å². The van der Waals surface area contributed by atoms with E-state index >= 15 is 0 Å². The van der Waals surface area contributed by atoms with Gasteiger partial charge in [0.25, 0.3) is 0 Å². The molecule has 2 aromatic carbocycles. The lowest BCUT2D eigenvalue weighted by Crippen LogP contribution is -2.28. The Bertz CT molecular complexity index is 1030. The number of rotatable bonds is 6. The van der Waals surface area contributed by atoms with Crippen molar-refractivity contribution >= 4 is 11.7 Å². The largest absolute Gasteiger partial charge is 0.497 e. The van der Waals surface area contributed by atoms with Crippen LogP contribution in [0.2, 0.25) is 0 Å². The van der Waals surface area contributed by atoms with Gasteiger partial charge >= 0.3 is 0 Å². The monoisotopic (exact) mass is 392 g/mol. The zero-order chi connectivity index (χ0) is 20.4. The first-order valence-electron chi connectivity index (χ1n) is 9.69. The van der Waals surface area contributed by atoms with E-state index in [2.05, 4.69) is 10.3 Å². The summed E-state index contributed by atoms with van der Waals surface area (Å²) in [5.74, 6) is 1.30. The molecule has 5 nitrogen and oxygen atoms in total. The van der Waals surface area contributed by atoms with Crippen molar-refractivity contribution in [3.8, 4) is 17.0 Å². The van der Waals surface area contributed by atoms with Gasteiger partial charge in [-0.1, -0.05) is 42.5 Å². The predicted molar refractivity (Wildman–Crippen MR) is 117 cm³/mol. The summed E-state index contributed by atoms with van der Waals surface area (Å²) in [5, 5.41) is 12.2. The van der Waals surface area contributed by atoms with Gasteiger partial charge in [-0.2, -0.15) is 0 Å². The van der Waals surface area contributed by atoms with Gasteiger partial charge in [0.1, 0.15) is 11.6 Å². The van der Waals surface area contributed by atoms with Crippen molar-refractivity contribution in [1.29, 1.82) is 0 Å². The normalized spacial score (nSPS) is 14.3. The lowest BCUT2D eigenvalue weighted by molar-refractivity contribution is -0.118. The lowest BCUT2D eigenvalue weighted by atomic mass is 9.95. The number of nitrogens with zero attached hydrogens (tertiary/aromatic N) is 1. The molecule has 5 heteroatoms. The Morgan fingerprint density at radius 2 is 1.79 bits per heavy atom. The van der Waals surface area contributed by atoms with E-state index in [1.165, 1.54) is 0 Å². The molecule has 0 aliphatic heterocycles. The van der Waals surface area contributed by atoms with Crippen molar-refractivity contribution in [1.82, 2.24) is 4.98 Å². The zero-order valence-corrected chi connectivity index (χ0v) is 16.6. The topological polar surface area (TPSA) is 71.5 Å². The lowest BCUT2D eigenvalue weighted by Gasteiger charge is -2.17. The number of anilines is 1. The molecule has 1 fully saturated rings. The summed E-state index contributed by atoms with van der Waals surface area (Å²) in [6.45, 7) is 2.00. The third kappa shape index (κ3) is 3.74. The standard InChI is InChI=1S/C24H24N2O3.2H2/c1-16-3-12-21(25-22(16)18-6-4-17(15-27)5-7-18)26-23(28)24(13-14-24)19-8-10-20(29-2)11-9-19;;/h3-12,27H,13-15H2,1-2H3,(H,25,26,28);2*1H. The number of hydrogen-bond acceptors (Lipinski definition) is 4. The number of aliphatic hydroxyl groups is 1. The van der Waals surface area contributed by atoms with Crippen LogP contribution in [0.5, 0.6) is 5.75 Å². The molecule has 0 atom stereocenters. The Balaban J connectivity index is 0.00000171. The highest BCUT2D eigenvalue weighted by Crippen LogP contribution is 2.49. The highest BCUT2D eigenvalue weighted by Gasteiger charge is 2.51. The van der Waals surface area contributed by atoms with Crippen molar-refractivity contribution in [2.45, 2.75) is 31.8 Å². The minimum atomic E-state index is -0.484. The summed E-state index contributed by atoms with van der Waals surface area (Å²) in [7, 11) is 1.63. The molecule has 3 aromatic rings. The molecule has 1 heterocycles. The van der Waals surface area contributed by atoms with Crippen molar-refractivity contribution in [3.63, 3.8) is 0 Å². The molecule has 1 amide bonds. The number of aryl methyl sites for hydroxylation is 1. The van der Waals surface area contributed by atoms with Crippen LogP contribution in [-0.4, -0.2) is 23.1 Å². The smallest absolute Gasteiger partial charge is 0.236 e. The van der Waals surface area contributed by atoms with Crippen LogP contribution in [0.15, 0.2) is 60.7 Å². The summed E-state index contributed by atoms with van der Waals surface area (Å²) in [6.07, 6.45) is 1.65. The summed E-state index contributed by atoms with van der Waals surface area (Å²) in [5.41, 5.74) is 4.17. The quantitative estimate of drug-likeness (QED) is 0.637. The summed E-state index contributed by atoms with van der Waals surface area (Å²) >= 11 is 0. The first-order valence-corrected chi connectivity index (χ1v) is 9.69. The molecule has 29 heavy (non-hydrogen) atoms. The Labute approximate surface area is 173 Å². The van der Waals surface area contributed by atoms with Crippen LogP contribution in [0, 0.1) is 6.92 Å². The minimum Gasteiger partial charge on any atom is -0.497 e. The van der Waals surface area contributed by atoms with E-state index in [4.69, 9.17) is 4.74 Å². The Hall–Kier alpha value is -3.18. The number of aromatic nitrogens is 1. The fourth-order valence-electron chi connectivity index (χ4n) is 3.58. The Morgan fingerprint density at radius 1 is 1.10 bits per heavy atom. The Morgan fingerprint density at radius 3 is 2.38 bits per heavy atom. The number of carbonyl (C=O) groups excluding carboxylic acids is 1. The SMILES string of the molecule is COc1ccc(C2(C(=O)Nc3ccc(C)c(-c4ccc(CO)cc4)n3)CC2)cc1.[HH].[HH]. The van der Waals surface area contributed by atoms with Crippen molar-refractivity contribution in [2.75, 3.05) is 12.4 Å². The molecule has 1 saturated carbocycles. The zero-order valence-electron chi connectivity index (χ0n) is 16.6. The highest BCUT2D eigenvalue weighted by molar-refractivity contribution is 6.01. The molecule has 0 saturated heterocycles. The van der Waals surface area contributed by atoms with Crippen LogP contribution >= 0.6 is 0 Å². The van der Waals surface area contributed by atoms with Crippen molar-refractivity contribution < 1.29 is 17.5 Å². The Kier molecular flexibility index (Phi) is 5.07. The first kappa shape index (κ1) is 19.2. The molecule has 4 rings (SSSR count). The van der Waals surface area contributed by atoms with Gasteiger partial charge in [-0.25, -0.2) is 4.98 Å². The molecule has 152 valence electrons. The van der Waals surface area contributed by atoms with Crippen LogP contribution < -0.4 is 10.1 Å². The number of ether oxygens (including phenoxy) is 1. The number of benzene rings is 2. The molecule has 1 aliphatic carbocycles. The van der Waals surface area contributed by atoms with Gasteiger partial charge in [-0.3, -0.25) is 4.79 Å². The van der Waals surface area contributed by atoms with Crippen molar-refractivity contribution in [3.05, 3.63) is 77.4 Å². The molecule has 2 N–H and O–H groups in total. The van der Waals surface area contributed by atoms with Gasteiger partial charge < -0.3 is 15.2 Å². The number of hydrogen-bond donors (Lipinski definition) is 2. The second-order valence-corrected chi connectivity index (χ2v) is 7.48. The summed E-state index contributed by atoms with van der Waals surface area (Å²) in [4.78, 5) is 17.7. The van der Waals surface area contributed by atoms with Crippen LogP contribution in [0.1, 0.15) is 32.4 Å². The van der Waals surface area contributed by atoms with Crippen LogP contribution in [0.3, 0.4) is 0 Å². The number of nitrogens with one attached hydrogen (secondary N) is 1. The predicted octanol–water partition coefficient (Wildman–Crippen LogP) is 4.72. The van der Waals surface area contributed by atoms with Gasteiger partial charge in [-0.15, -0.1) is 0 Å². The maximum atomic E-state index is 13.1. The number of carbonyl (C=O) groups is 1. The molecule has 0 unspecified atom stereocenters. The maximum absolute atomic E-state index is 13.1. The minimum absolute atomic E-state index is 0. The number of methoxy groups -OCH3 is 1. The van der Waals surface area contributed by atoms with Gasteiger partial charge in [0.15, 0.2) is 0 Å². The molecule has 1 aromatic heterocycles. The van der Waals surface area contributed by atoms with Gasteiger partial charge in [-0.05, 0) is 54.7 Å². The van der Waals surface area contributed by atoms with E-state index < -0.39 is 5.41 Å². The fourth-order valence-corrected chi connectivity index (χ4v) is 3.58. The molecule has 0 spiro atoms. The number of aliphatic hydroxyl groups excluding tert-OH is 1. The molecule has 0 bridgehead atoms. The molecular formula is C24H28N2O3. The van der Waals surface area contributed by atoms with Crippen LogP contribution in [0.25, 0.3) is 11.3 Å². The van der Waals surface area contributed by atoms with E-state index in [-0.39, 0.29) is 15.4 Å². The van der Waals surface area contributed by atoms with Gasteiger partial charge in [0.2, 0.25) is 5.91 Å². The first-order chi connectivity index (χ1) is 14.1. The van der Waals surface area contributed by atoms with E-state index in [0.29, 0.717) is 5.82 Å². The number of amides is 1. The van der Waals surface area contributed by atoms with Crippen molar-refractivity contribution in [2.24, 2.45) is 0 Å². The fraction of sp³-hybridized carbons (Fsp3) is 0.250. The van der Waals surface area contributed by atoms with Crippen LogP contribution in [0.4, 0.5) is 5.82 Å². The number of pyridine rings is 1. The second-order valence-electron chi connectivity index (χ2n) is 7.48. The average Bonchev–Trinajstić information content (AvgIpc) is 3.57. The third-order valence-corrected chi connectivity index (χ3v) is 5.58. The van der Waals surface area contributed by atoms with Gasteiger partial charge in [0.05, 0.1) is 24.8 Å². The molecule has 1 aliphatic rings.